The summed E-state index contributed by atoms with van der Waals surface area (Å²) in [6.45, 7) is 5.20. The quantitative estimate of drug-likeness (QED) is 0.651. The summed E-state index contributed by atoms with van der Waals surface area (Å²) in [5.41, 5.74) is 2.63. The van der Waals surface area contributed by atoms with E-state index in [1.54, 1.807) is 6.20 Å². The lowest BCUT2D eigenvalue weighted by atomic mass is 9.72. The summed E-state index contributed by atoms with van der Waals surface area (Å²) in [5.74, 6) is 0.308. The number of hydrogen-bond acceptors (Lipinski definition) is 3. The average molecular weight is 446 g/mol. The predicted octanol–water partition coefficient (Wildman–Crippen LogP) is 4.78. The molecule has 33 heavy (non-hydrogen) atoms. The fraction of sp³-hybridized carbons (Fsp3) is 0.464. The molecule has 1 aromatic carbocycles. The minimum atomic E-state index is -0.638. The zero-order valence-electron chi connectivity index (χ0n) is 19.8. The molecule has 5 nitrogen and oxygen atoms in total. The number of piperidine rings is 1. The van der Waals surface area contributed by atoms with Gasteiger partial charge in [0.1, 0.15) is 0 Å². The number of pyridine rings is 1. The molecule has 1 aromatic heterocycles. The molecule has 1 N–H and O–H groups in total. The van der Waals surface area contributed by atoms with Crippen molar-refractivity contribution in [1.82, 2.24) is 15.2 Å². The summed E-state index contributed by atoms with van der Waals surface area (Å²) in [6.07, 6.45) is 12.8. The molecule has 0 radical (unpaired) electrons. The lowest BCUT2D eigenvalue weighted by Gasteiger charge is -2.43. The molecule has 1 saturated heterocycles. The van der Waals surface area contributed by atoms with Crippen LogP contribution in [0.15, 0.2) is 60.9 Å². The maximum absolute atomic E-state index is 13.7. The van der Waals surface area contributed by atoms with E-state index in [0.29, 0.717) is 13.0 Å². The highest BCUT2D eigenvalue weighted by atomic mass is 16.2. The summed E-state index contributed by atoms with van der Waals surface area (Å²) < 4.78 is 0. The van der Waals surface area contributed by atoms with Crippen molar-refractivity contribution >= 4 is 11.8 Å². The molecule has 0 saturated carbocycles. The fourth-order valence-electron chi connectivity index (χ4n) is 5.26. The molecule has 2 aromatic rings. The number of rotatable bonds is 6. The first-order valence-corrected chi connectivity index (χ1v) is 12.2. The van der Waals surface area contributed by atoms with Crippen molar-refractivity contribution in [3.05, 3.63) is 66.5 Å². The van der Waals surface area contributed by atoms with Crippen molar-refractivity contribution in [1.29, 1.82) is 0 Å². The zero-order valence-corrected chi connectivity index (χ0v) is 19.8. The van der Waals surface area contributed by atoms with Gasteiger partial charge in [-0.05, 0) is 69.6 Å². The molecule has 0 unspecified atom stereocenters. The number of likely N-dealkylation sites (tertiary alicyclic amines) is 1. The largest absolute Gasteiger partial charge is 0.353 e. The molecule has 174 valence electrons. The van der Waals surface area contributed by atoms with E-state index in [-0.39, 0.29) is 23.8 Å². The summed E-state index contributed by atoms with van der Waals surface area (Å²) >= 11 is 0. The Morgan fingerprint density at radius 1 is 1.18 bits per heavy atom. The second-order valence-corrected chi connectivity index (χ2v) is 9.83. The van der Waals surface area contributed by atoms with E-state index in [0.717, 1.165) is 55.3 Å². The van der Waals surface area contributed by atoms with Crippen LogP contribution in [-0.2, 0) is 16.0 Å². The fourth-order valence-corrected chi connectivity index (χ4v) is 5.26. The highest BCUT2D eigenvalue weighted by molar-refractivity contribution is 5.86. The molecule has 5 heteroatoms. The van der Waals surface area contributed by atoms with E-state index in [1.807, 2.05) is 43.1 Å². The van der Waals surface area contributed by atoms with E-state index in [4.69, 9.17) is 0 Å². The molecule has 1 aliphatic carbocycles. The monoisotopic (exact) mass is 445 g/mol. The number of aromatic nitrogens is 1. The van der Waals surface area contributed by atoms with Gasteiger partial charge < -0.3 is 10.2 Å². The van der Waals surface area contributed by atoms with Crippen molar-refractivity contribution in [3.63, 3.8) is 0 Å². The number of hydrogen-bond donors (Lipinski definition) is 1. The summed E-state index contributed by atoms with van der Waals surface area (Å²) in [7, 11) is 0. The molecule has 1 aliphatic heterocycles. The van der Waals surface area contributed by atoms with E-state index in [9.17, 15) is 9.59 Å². The number of carbonyl (C=O) groups is 2. The second-order valence-electron chi connectivity index (χ2n) is 9.83. The second kappa shape index (κ2) is 10.3. The molecule has 2 heterocycles. The smallest absolute Gasteiger partial charge is 0.228 e. The van der Waals surface area contributed by atoms with Gasteiger partial charge in [0.2, 0.25) is 11.8 Å². The Hall–Kier alpha value is -2.95. The van der Waals surface area contributed by atoms with Gasteiger partial charge in [-0.15, -0.1) is 0 Å². The number of carbonyl (C=O) groups excluding carboxylic acids is 2. The van der Waals surface area contributed by atoms with Gasteiger partial charge in [-0.3, -0.25) is 14.6 Å². The minimum Gasteiger partial charge on any atom is -0.353 e. The third-order valence-corrected chi connectivity index (χ3v) is 6.93. The number of nitrogens with zero attached hydrogens (tertiary/aromatic N) is 2. The summed E-state index contributed by atoms with van der Waals surface area (Å²) in [4.78, 5) is 33.3. The van der Waals surface area contributed by atoms with Gasteiger partial charge in [0, 0.05) is 43.0 Å². The van der Waals surface area contributed by atoms with Gasteiger partial charge in [0.05, 0.1) is 5.41 Å². The molecular formula is C28H35N3O2. The van der Waals surface area contributed by atoms with Crippen LogP contribution in [0, 0.1) is 11.3 Å². The standard InChI is InChI=1S/C28H35N3O2/c1-21(2)30-27(33)28(15-9-17-31(20-28)26(32)22-10-4-3-5-11-22)18-23-12-6-7-14-25(23)24-13-8-16-29-19-24/h3-4,6-8,12-14,16,19,21-22H,5,9-11,15,17-18,20H2,1-2H3,(H,30,33)/t22-,28-/m0/s1. The average Bonchev–Trinajstić information content (AvgIpc) is 2.85. The highest BCUT2D eigenvalue weighted by Gasteiger charge is 2.44. The molecule has 2 amide bonds. The van der Waals surface area contributed by atoms with Crippen LogP contribution in [0.3, 0.4) is 0 Å². The van der Waals surface area contributed by atoms with Crippen molar-refractivity contribution in [2.75, 3.05) is 13.1 Å². The van der Waals surface area contributed by atoms with Crippen molar-refractivity contribution in [2.45, 2.75) is 58.4 Å². The van der Waals surface area contributed by atoms with Crippen LogP contribution in [0.2, 0.25) is 0 Å². The Morgan fingerprint density at radius 3 is 2.76 bits per heavy atom. The maximum atomic E-state index is 13.7. The Morgan fingerprint density at radius 2 is 2.03 bits per heavy atom. The first-order chi connectivity index (χ1) is 16.0. The minimum absolute atomic E-state index is 0.0432. The Labute approximate surface area is 197 Å². The molecule has 2 atom stereocenters. The Bertz CT molecular complexity index is 1000. The maximum Gasteiger partial charge on any atom is 0.228 e. The first-order valence-electron chi connectivity index (χ1n) is 12.2. The van der Waals surface area contributed by atoms with Crippen LogP contribution in [0.1, 0.15) is 51.5 Å². The summed E-state index contributed by atoms with van der Waals surface area (Å²) in [5, 5.41) is 3.17. The SMILES string of the molecule is CC(C)NC(=O)[C@]1(Cc2ccccc2-c2cccnc2)CCCN(C(=O)[C@H]2CC=CCC2)C1. The van der Waals surface area contributed by atoms with E-state index >= 15 is 0 Å². The van der Waals surface area contributed by atoms with Gasteiger partial charge >= 0.3 is 0 Å². The normalized spacial score (nSPS) is 22.9. The third-order valence-electron chi connectivity index (χ3n) is 6.93. The molecule has 0 bridgehead atoms. The topological polar surface area (TPSA) is 62.3 Å². The first kappa shape index (κ1) is 23.2. The lowest BCUT2D eigenvalue weighted by molar-refractivity contribution is -0.144. The van der Waals surface area contributed by atoms with Crippen molar-refractivity contribution in [3.8, 4) is 11.1 Å². The van der Waals surface area contributed by atoms with Crippen LogP contribution in [0.25, 0.3) is 11.1 Å². The van der Waals surface area contributed by atoms with Gasteiger partial charge in [-0.2, -0.15) is 0 Å². The molecule has 1 fully saturated rings. The number of nitrogens with one attached hydrogen (secondary N) is 1. The molecule has 0 spiro atoms. The van der Waals surface area contributed by atoms with Gasteiger partial charge in [-0.25, -0.2) is 0 Å². The molecule has 2 aliphatic rings. The zero-order chi connectivity index (χ0) is 23.3. The Kier molecular flexibility index (Phi) is 7.26. The van der Waals surface area contributed by atoms with Crippen LogP contribution in [0.4, 0.5) is 0 Å². The van der Waals surface area contributed by atoms with Gasteiger partial charge in [0.25, 0.3) is 0 Å². The van der Waals surface area contributed by atoms with Crippen LogP contribution in [0.5, 0.6) is 0 Å². The highest BCUT2D eigenvalue weighted by Crippen LogP contribution is 2.38. The molecular weight excluding hydrogens is 410 g/mol. The van der Waals surface area contributed by atoms with E-state index in [1.165, 1.54) is 0 Å². The van der Waals surface area contributed by atoms with Gasteiger partial charge in [0.15, 0.2) is 0 Å². The van der Waals surface area contributed by atoms with Crippen molar-refractivity contribution in [2.24, 2.45) is 11.3 Å². The number of allylic oxidation sites excluding steroid dienone is 2. The van der Waals surface area contributed by atoms with Crippen LogP contribution >= 0.6 is 0 Å². The van der Waals surface area contributed by atoms with E-state index in [2.05, 4.69) is 40.7 Å². The lowest BCUT2D eigenvalue weighted by Crippen LogP contribution is -2.56. The molecule has 4 rings (SSSR count). The van der Waals surface area contributed by atoms with Crippen LogP contribution in [-0.4, -0.2) is 40.8 Å². The predicted molar refractivity (Wildman–Crippen MR) is 131 cm³/mol. The summed E-state index contributed by atoms with van der Waals surface area (Å²) in [6, 6.07) is 12.3. The third kappa shape index (κ3) is 5.35. The van der Waals surface area contributed by atoms with Gasteiger partial charge in [-0.1, -0.05) is 42.5 Å². The number of benzene rings is 1. The number of amides is 2. The van der Waals surface area contributed by atoms with Crippen LogP contribution < -0.4 is 5.32 Å². The van der Waals surface area contributed by atoms with E-state index < -0.39 is 5.41 Å². The van der Waals surface area contributed by atoms with Crippen molar-refractivity contribution < 1.29 is 9.59 Å². The Balaban J connectivity index is 1.65.